The summed E-state index contributed by atoms with van der Waals surface area (Å²) in [4.78, 5) is 11.7. The van der Waals surface area contributed by atoms with Crippen molar-refractivity contribution in [3.8, 4) is 0 Å². The van der Waals surface area contributed by atoms with Crippen LogP contribution in [0.5, 0.6) is 0 Å². The fourth-order valence-corrected chi connectivity index (χ4v) is 2.62. The lowest BCUT2D eigenvalue weighted by Crippen LogP contribution is -2.35. The first-order chi connectivity index (χ1) is 9.68. The number of hydrogen-bond donors (Lipinski definition) is 1. The van der Waals surface area contributed by atoms with E-state index in [1.54, 1.807) is 0 Å². The zero-order valence-corrected chi connectivity index (χ0v) is 13.2. The van der Waals surface area contributed by atoms with Crippen molar-refractivity contribution in [2.75, 3.05) is 0 Å². The van der Waals surface area contributed by atoms with Gasteiger partial charge in [-0.05, 0) is 18.9 Å². The van der Waals surface area contributed by atoms with Crippen molar-refractivity contribution < 1.29 is 22.0 Å². The van der Waals surface area contributed by atoms with Gasteiger partial charge in [0.1, 0.15) is 10.6 Å². The Morgan fingerprint density at radius 3 is 2.38 bits per heavy atom. The van der Waals surface area contributed by atoms with Crippen molar-refractivity contribution in [3.05, 3.63) is 18.0 Å². The molecule has 0 radical (unpaired) electrons. The van der Waals surface area contributed by atoms with E-state index in [9.17, 15) is 22.0 Å². The van der Waals surface area contributed by atoms with Crippen molar-refractivity contribution in [1.29, 1.82) is 0 Å². The van der Waals surface area contributed by atoms with Crippen molar-refractivity contribution in [3.63, 3.8) is 0 Å². The van der Waals surface area contributed by atoms with Crippen LogP contribution < -0.4 is 5.32 Å². The molecule has 0 unspecified atom stereocenters. The summed E-state index contributed by atoms with van der Waals surface area (Å²) in [6, 6.07) is 0.894. The summed E-state index contributed by atoms with van der Waals surface area (Å²) < 4.78 is 48.5. The maximum Gasteiger partial charge on any atom is 0.268 e. The molecule has 0 spiro atoms. The highest BCUT2D eigenvalue weighted by molar-refractivity contribution is 8.13. The van der Waals surface area contributed by atoms with Gasteiger partial charge in [-0.3, -0.25) is 4.79 Å². The molecular weight excluding hydrogens is 326 g/mol. The van der Waals surface area contributed by atoms with Gasteiger partial charge in [0.15, 0.2) is 0 Å². The smallest absolute Gasteiger partial charge is 0.268 e. The fraction of sp³-hybridized carbons (Fsp3) is 0.583. The number of aromatic nitrogens is 1. The van der Waals surface area contributed by atoms with Crippen molar-refractivity contribution in [2.45, 2.75) is 50.6 Å². The average molecular weight is 343 g/mol. The van der Waals surface area contributed by atoms with Gasteiger partial charge in [0.2, 0.25) is 0 Å². The maximum atomic E-state index is 12.5. The van der Waals surface area contributed by atoms with E-state index in [1.807, 2.05) is 13.8 Å². The number of carbonyl (C=O) groups excluding carboxylic acids is 1. The van der Waals surface area contributed by atoms with Crippen LogP contribution in [0.1, 0.15) is 37.2 Å². The summed E-state index contributed by atoms with van der Waals surface area (Å²) in [6.07, 6.45) is -0.421. The maximum absolute atomic E-state index is 12.5. The molecule has 0 atom stereocenters. The van der Waals surface area contributed by atoms with Gasteiger partial charge >= 0.3 is 0 Å². The lowest BCUT2D eigenvalue weighted by molar-refractivity contribution is 0.0912. The SMILES string of the molecule is CCC(CC)NC(=O)c1cc(S(=O)(=O)Cl)cn1CC(F)F. The van der Waals surface area contributed by atoms with E-state index >= 15 is 0 Å². The summed E-state index contributed by atoms with van der Waals surface area (Å²) in [5.41, 5.74) is -0.151. The molecule has 21 heavy (non-hydrogen) atoms. The molecule has 1 rings (SSSR count). The van der Waals surface area contributed by atoms with Crippen LogP contribution in [0.25, 0.3) is 0 Å². The molecular formula is C12H17ClF2N2O3S. The normalized spacial score (nSPS) is 12.1. The Labute approximate surface area is 126 Å². The Kier molecular flexibility index (Phi) is 6.15. The van der Waals surface area contributed by atoms with Crippen molar-refractivity contribution in [1.82, 2.24) is 9.88 Å². The van der Waals surface area contributed by atoms with Crippen molar-refractivity contribution in [2.24, 2.45) is 0 Å². The van der Waals surface area contributed by atoms with Gasteiger partial charge in [-0.15, -0.1) is 0 Å². The Bertz CT molecular complexity index is 598. The molecule has 1 aromatic heterocycles. The summed E-state index contributed by atoms with van der Waals surface area (Å²) >= 11 is 0. The highest BCUT2D eigenvalue weighted by Crippen LogP contribution is 2.20. The van der Waals surface area contributed by atoms with Crippen molar-refractivity contribution >= 4 is 25.6 Å². The molecule has 9 heteroatoms. The molecule has 1 N–H and O–H groups in total. The minimum absolute atomic E-state index is 0.108. The third-order valence-electron chi connectivity index (χ3n) is 3.04. The number of nitrogens with one attached hydrogen (secondary N) is 1. The third-order valence-corrected chi connectivity index (χ3v) is 4.36. The van der Waals surface area contributed by atoms with E-state index in [0.717, 1.165) is 16.8 Å². The number of carbonyl (C=O) groups is 1. The molecule has 0 aliphatic rings. The summed E-state index contributed by atoms with van der Waals surface area (Å²) in [7, 11) is 1.10. The Hall–Kier alpha value is -1.15. The van der Waals surface area contributed by atoms with E-state index in [2.05, 4.69) is 5.32 Å². The van der Waals surface area contributed by atoms with E-state index in [1.165, 1.54) is 0 Å². The number of hydrogen-bond acceptors (Lipinski definition) is 3. The van der Waals surface area contributed by atoms with Gasteiger partial charge in [-0.2, -0.15) is 0 Å². The first-order valence-corrected chi connectivity index (χ1v) is 8.73. The molecule has 5 nitrogen and oxygen atoms in total. The predicted molar refractivity (Wildman–Crippen MR) is 75.3 cm³/mol. The van der Waals surface area contributed by atoms with E-state index in [0.29, 0.717) is 12.8 Å². The van der Waals surface area contributed by atoms with Crippen LogP contribution in [0.2, 0.25) is 0 Å². The third kappa shape index (κ3) is 4.96. The van der Waals surface area contributed by atoms with Gasteiger partial charge in [0, 0.05) is 22.9 Å². The fourth-order valence-electron chi connectivity index (χ4n) is 1.86. The second-order valence-corrected chi connectivity index (χ2v) is 7.10. The zero-order chi connectivity index (χ0) is 16.2. The van der Waals surface area contributed by atoms with E-state index in [-0.39, 0.29) is 16.6 Å². The standard InChI is InChI=1S/C12H17ClF2N2O3S/c1-3-8(4-2)16-12(18)10-5-9(21(13,19)20)6-17(10)7-11(14)15/h5-6,8,11H,3-4,7H2,1-2H3,(H,16,18). The topological polar surface area (TPSA) is 68.2 Å². The lowest BCUT2D eigenvalue weighted by Gasteiger charge is -2.15. The first kappa shape index (κ1) is 17.9. The van der Waals surface area contributed by atoms with E-state index < -0.39 is 27.9 Å². The Morgan fingerprint density at radius 1 is 1.38 bits per heavy atom. The summed E-state index contributed by atoms with van der Waals surface area (Å²) in [5.74, 6) is -0.601. The minimum Gasteiger partial charge on any atom is -0.348 e. The molecule has 1 amide bonds. The molecule has 0 aliphatic heterocycles. The molecule has 0 aliphatic carbocycles. The molecule has 0 saturated carbocycles. The van der Waals surface area contributed by atoms with Crippen LogP contribution >= 0.6 is 10.7 Å². The van der Waals surface area contributed by atoms with Crippen LogP contribution in [-0.2, 0) is 15.6 Å². The molecule has 0 bridgehead atoms. The van der Waals surface area contributed by atoms with Crippen LogP contribution in [0.4, 0.5) is 8.78 Å². The number of nitrogens with zero attached hydrogens (tertiary/aromatic N) is 1. The second kappa shape index (κ2) is 7.22. The number of amides is 1. The van der Waals surface area contributed by atoms with E-state index in [4.69, 9.17) is 10.7 Å². The van der Waals surface area contributed by atoms with Gasteiger partial charge < -0.3 is 9.88 Å². The number of halogens is 3. The van der Waals surface area contributed by atoms with Crippen LogP contribution in [-0.4, -0.2) is 31.4 Å². The Balaban J connectivity index is 3.14. The van der Waals surface area contributed by atoms with Crippen LogP contribution in [0.15, 0.2) is 17.2 Å². The zero-order valence-electron chi connectivity index (χ0n) is 11.6. The first-order valence-electron chi connectivity index (χ1n) is 6.42. The largest absolute Gasteiger partial charge is 0.348 e. The van der Waals surface area contributed by atoms with Crippen LogP contribution in [0.3, 0.4) is 0 Å². The van der Waals surface area contributed by atoms with Gasteiger partial charge in [0.25, 0.3) is 21.4 Å². The molecule has 1 aromatic rings. The molecule has 0 fully saturated rings. The molecule has 1 heterocycles. The summed E-state index contributed by atoms with van der Waals surface area (Å²) in [5, 5.41) is 2.67. The highest BCUT2D eigenvalue weighted by Gasteiger charge is 2.22. The molecule has 0 aromatic carbocycles. The van der Waals surface area contributed by atoms with Gasteiger partial charge in [-0.1, -0.05) is 13.8 Å². The molecule has 0 saturated heterocycles. The van der Waals surface area contributed by atoms with Gasteiger partial charge in [-0.25, -0.2) is 17.2 Å². The number of rotatable bonds is 7. The molecule has 120 valence electrons. The van der Waals surface area contributed by atoms with Gasteiger partial charge in [0.05, 0.1) is 6.54 Å². The quantitative estimate of drug-likeness (QED) is 0.774. The van der Waals surface area contributed by atoms with Crippen LogP contribution in [0, 0.1) is 0 Å². The average Bonchev–Trinajstić information content (AvgIpc) is 2.78. The predicted octanol–water partition coefficient (Wildman–Crippen LogP) is 2.60. The second-order valence-electron chi connectivity index (χ2n) is 4.53. The minimum atomic E-state index is -4.09. The monoisotopic (exact) mass is 342 g/mol. The Morgan fingerprint density at radius 2 is 1.95 bits per heavy atom. The lowest BCUT2D eigenvalue weighted by atomic mass is 10.1. The summed E-state index contributed by atoms with van der Waals surface area (Å²) in [6.45, 7) is 2.97. The number of alkyl halides is 2. The highest BCUT2D eigenvalue weighted by atomic mass is 35.7.